The Hall–Kier alpha value is -5.85. The van der Waals surface area contributed by atoms with E-state index in [4.69, 9.17) is 14.2 Å². The molecule has 3 aromatic carbocycles. The number of aliphatic imine (C=N–C) groups is 1. The molecule has 0 spiro atoms. The number of β-amino-alcohol motifs (C(OH)–C–C–N with tert-alkyl or cyclic N) is 1. The smallest absolute Gasteiger partial charge is 0.291 e. The summed E-state index contributed by atoms with van der Waals surface area (Å²) in [5.74, 6) is -2.21. The van der Waals surface area contributed by atoms with E-state index in [0.717, 1.165) is 32.8 Å². The number of amidine groups is 1. The molecule has 1 saturated heterocycles. The highest BCUT2D eigenvalue weighted by Crippen LogP contribution is 2.34. The maximum Gasteiger partial charge on any atom is 0.291 e. The first-order valence-electron chi connectivity index (χ1n) is 21.4. The third kappa shape index (κ3) is 13.1. The normalized spacial score (nSPS) is 17.7. The zero-order chi connectivity index (χ0) is 45.6. The SMILES string of the molecule is Cc1ncsc1-c1ccc(CNC(=O)[C@@H]2C[C@@H](O)CN2C(=O)[C@@H](NC(=O)CCOCCOCCOCCC(=O)NC2=NC(c3ccccc3)c3ccccc3NC2=O)C(C)(C)C)cc1. The molecular formula is C47H57N7O9S. The fraction of sp³-hybridized carbons (Fsp3) is 0.426. The summed E-state index contributed by atoms with van der Waals surface area (Å²) in [7, 11) is 0. The predicted molar refractivity (Wildman–Crippen MR) is 242 cm³/mol. The van der Waals surface area contributed by atoms with Crippen molar-refractivity contribution in [1.82, 2.24) is 25.8 Å². The quantitative estimate of drug-likeness (QED) is 0.0843. The van der Waals surface area contributed by atoms with Crippen molar-refractivity contribution in [3.63, 3.8) is 0 Å². The molecule has 2 aliphatic heterocycles. The molecule has 0 bridgehead atoms. The number of hydrogen-bond donors (Lipinski definition) is 5. The first-order chi connectivity index (χ1) is 30.8. The van der Waals surface area contributed by atoms with Crippen LogP contribution in [0.4, 0.5) is 5.69 Å². The van der Waals surface area contributed by atoms with Crippen LogP contribution in [0.5, 0.6) is 0 Å². The maximum atomic E-state index is 13.9. The summed E-state index contributed by atoms with van der Waals surface area (Å²) in [6, 6.07) is 22.5. The number of hydrogen-bond acceptors (Lipinski definition) is 12. The van der Waals surface area contributed by atoms with Crippen molar-refractivity contribution >= 4 is 52.4 Å². The Morgan fingerprint density at radius 3 is 2.17 bits per heavy atom. The van der Waals surface area contributed by atoms with Gasteiger partial charge in [-0.05, 0) is 35.1 Å². The third-order valence-corrected chi connectivity index (χ3v) is 11.7. The zero-order valence-corrected chi connectivity index (χ0v) is 37.5. The highest BCUT2D eigenvalue weighted by atomic mass is 32.1. The van der Waals surface area contributed by atoms with Gasteiger partial charge in [-0.25, -0.2) is 4.98 Å². The average molecular weight is 896 g/mol. The number of aryl methyl sites for hydroxylation is 1. The van der Waals surface area contributed by atoms with Gasteiger partial charge in [0.1, 0.15) is 18.1 Å². The fourth-order valence-corrected chi connectivity index (χ4v) is 8.16. The summed E-state index contributed by atoms with van der Waals surface area (Å²) in [5, 5.41) is 21.8. The Kier molecular flexibility index (Phi) is 16.9. The second-order valence-electron chi connectivity index (χ2n) is 16.7. The summed E-state index contributed by atoms with van der Waals surface area (Å²) in [6.07, 6.45) is -0.788. The van der Waals surface area contributed by atoms with Crippen molar-refractivity contribution in [2.45, 2.75) is 77.7 Å². The van der Waals surface area contributed by atoms with Gasteiger partial charge < -0.3 is 45.5 Å². The van der Waals surface area contributed by atoms with E-state index < -0.39 is 53.3 Å². The number of nitrogens with one attached hydrogen (secondary N) is 4. The number of rotatable bonds is 19. The highest BCUT2D eigenvalue weighted by molar-refractivity contribution is 7.13. The topological polar surface area (TPSA) is 210 Å². The molecule has 6 rings (SSSR count). The maximum absolute atomic E-state index is 13.9. The molecule has 4 atom stereocenters. The second-order valence-corrected chi connectivity index (χ2v) is 17.5. The molecule has 0 aliphatic carbocycles. The van der Waals surface area contributed by atoms with E-state index in [1.54, 1.807) is 22.9 Å². The number of likely N-dealkylation sites (tertiary alicyclic amines) is 1. The summed E-state index contributed by atoms with van der Waals surface area (Å²) in [6.45, 7) is 8.80. The van der Waals surface area contributed by atoms with Crippen molar-refractivity contribution in [1.29, 1.82) is 0 Å². The van der Waals surface area contributed by atoms with Gasteiger partial charge in [0, 0.05) is 37.2 Å². The van der Waals surface area contributed by atoms with Gasteiger partial charge in [-0.1, -0.05) is 93.6 Å². The number of aliphatic hydroxyl groups excluding tert-OH is 1. The van der Waals surface area contributed by atoms with Gasteiger partial charge in [-0.3, -0.25) is 29.0 Å². The van der Waals surface area contributed by atoms with Crippen molar-refractivity contribution < 1.29 is 43.3 Å². The fourth-order valence-electron chi connectivity index (χ4n) is 7.35. The molecule has 4 aromatic rings. The lowest BCUT2D eigenvalue weighted by molar-refractivity contribution is -0.144. The van der Waals surface area contributed by atoms with Crippen LogP contribution in [0.25, 0.3) is 10.4 Å². The van der Waals surface area contributed by atoms with E-state index in [2.05, 4.69) is 31.2 Å². The van der Waals surface area contributed by atoms with E-state index in [0.29, 0.717) is 5.69 Å². The molecule has 0 radical (unpaired) electrons. The van der Waals surface area contributed by atoms with Gasteiger partial charge in [-0.2, -0.15) is 0 Å². The Labute approximate surface area is 377 Å². The Balaban J connectivity index is 0.853. The van der Waals surface area contributed by atoms with Gasteiger partial charge in [0.15, 0.2) is 5.84 Å². The highest BCUT2D eigenvalue weighted by Gasteiger charge is 2.44. The lowest BCUT2D eigenvalue weighted by atomic mass is 9.85. The van der Waals surface area contributed by atoms with E-state index in [1.165, 1.54) is 4.90 Å². The summed E-state index contributed by atoms with van der Waals surface area (Å²) in [5.41, 5.74) is 6.33. The number of nitrogens with zero attached hydrogens (tertiary/aromatic N) is 3. The molecule has 340 valence electrons. The molecule has 16 nitrogen and oxygen atoms in total. The van der Waals surface area contributed by atoms with Crippen molar-refractivity contribution in [2.24, 2.45) is 10.4 Å². The monoisotopic (exact) mass is 895 g/mol. The number of para-hydroxylation sites is 1. The third-order valence-electron chi connectivity index (χ3n) is 10.8. The second kappa shape index (κ2) is 22.7. The van der Waals surface area contributed by atoms with Crippen LogP contribution in [0, 0.1) is 12.3 Å². The standard InChI is InChI=1S/C47H57N7O9S/c1-30-41(64-29-49-30)33-16-14-31(15-17-33)27-48-44(58)37-26-34(55)28-54(37)46(60)42(47(2,3)4)51-38(56)18-20-61-22-24-63-25-23-62-21-19-39(57)52-43-45(59)50-36-13-9-8-12-35(36)40(53-43)32-10-6-5-7-11-32/h5-17,29,34,37,40,42,55H,18-28H2,1-4H3,(H,48,58)(H,50,59)(H,51,56)(H,52,53,57)/t34-,37+,40?,42-/m1/s1. The number of carbonyl (C=O) groups excluding carboxylic acids is 5. The van der Waals surface area contributed by atoms with Crippen LogP contribution in [-0.2, 0) is 44.7 Å². The molecule has 0 saturated carbocycles. The van der Waals surface area contributed by atoms with Crippen LogP contribution in [0.15, 0.2) is 89.4 Å². The number of fused-ring (bicyclic) bond motifs is 1. The lowest BCUT2D eigenvalue weighted by Crippen LogP contribution is -2.57. The largest absolute Gasteiger partial charge is 0.391 e. The number of anilines is 1. The van der Waals surface area contributed by atoms with Gasteiger partial charge in [0.25, 0.3) is 5.91 Å². The summed E-state index contributed by atoms with van der Waals surface area (Å²) < 4.78 is 16.7. The molecule has 17 heteroatoms. The lowest BCUT2D eigenvalue weighted by Gasteiger charge is -2.35. The molecule has 1 fully saturated rings. The molecule has 1 aromatic heterocycles. The summed E-state index contributed by atoms with van der Waals surface area (Å²) in [4.78, 5) is 77.5. The molecule has 3 heterocycles. The van der Waals surface area contributed by atoms with E-state index in [-0.39, 0.29) is 83.7 Å². The minimum absolute atomic E-state index is 0.00284. The number of aliphatic hydroxyl groups is 1. The van der Waals surface area contributed by atoms with Crippen LogP contribution in [-0.4, -0.2) is 115 Å². The van der Waals surface area contributed by atoms with Gasteiger partial charge >= 0.3 is 0 Å². The zero-order valence-electron chi connectivity index (χ0n) is 36.6. The minimum atomic E-state index is -0.951. The Morgan fingerprint density at radius 1 is 0.875 bits per heavy atom. The summed E-state index contributed by atoms with van der Waals surface area (Å²) >= 11 is 1.57. The van der Waals surface area contributed by atoms with Crippen LogP contribution in [0.2, 0.25) is 0 Å². The van der Waals surface area contributed by atoms with Crippen molar-refractivity contribution in [3.8, 4) is 10.4 Å². The molecule has 5 N–H and O–H groups in total. The molecule has 5 amide bonds. The van der Waals surface area contributed by atoms with Gasteiger partial charge in [-0.15, -0.1) is 11.3 Å². The van der Waals surface area contributed by atoms with E-state index in [1.807, 2.05) is 100 Å². The molecular weight excluding hydrogens is 839 g/mol. The predicted octanol–water partition coefficient (Wildman–Crippen LogP) is 4.31. The first kappa shape index (κ1) is 47.6. The number of aromatic nitrogens is 1. The van der Waals surface area contributed by atoms with Crippen LogP contribution in [0.3, 0.4) is 0 Å². The van der Waals surface area contributed by atoms with Crippen molar-refractivity contribution in [2.75, 3.05) is 51.5 Å². The molecule has 1 unspecified atom stereocenters. The van der Waals surface area contributed by atoms with Gasteiger partial charge in [0.05, 0.1) is 68.2 Å². The Bertz CT molecular complexity index is 2260. The number of amides is 5. The average Bonchev–Trinajstić information content (AvgIpc) is 3.86. The van der Waals surface area contributed by atoms with Crippen LogP contribution < -0.4 is 21.3 Å². The van der Waals surface area contributed by atoms with Crippen LogP contribution in [0.1, 0.15) is 68.5 Å². The van der Waals surface area contributed by atoms with E-state index >= 15 is 0 Å². The minimum Gasteiger partial charge on any atom is -0.391 e. The number of ether oxygens (including phenoxy) is 3. The molecule has 64 heavy (non-hydrogen) atoms. The number of thiazole rings is 1. The number of carbonyl (C=O) groups is 5. The van der Waals surface area contributed by atoms with Crippen LogP contribution >= 0.6 is 11.3 Å². The van der Waals surface area contributed by atoms with Crippen molar-refractivity contribution in [3.05, 3.63) is 107 Å². The molecule has 2 aliphatic rings. The van der Waals surface area contributed by atoms with Gasteiger partial charge in [0.2, 0.25) is 23.6 Å². The van der Waals surface area contributed by atoms with E-state index in [9.17, 15) is 29.1 Å². The first-order valence-corrected chi connectivity index (χ1v) is 22.3. The number of benzene rings is 3. The Morgan fingerprint density at radius 2 is 1.52 bits per heavy atom.